The first-order valence-corrected chi connectivity index (χ1v) is 6.60. The van der Waals surface area contributed by atoms with Gasteiger partial charge in [-0.2, -0.15) is 0 Å². The number of hydrogen-bond acceptors (Lipinski definition) is 3. The van der Waals surface area contributed by atoms with Crippen LogP contribution in [0.4, 0.5) is 0 Å². The summed E-state index contributed by atoms with van der Waals surface area (Å²) < 4.78 is 0. The van der Waals surface area contributed by atoms with E-state index >= 15 is 0 Å². The molecule has 1 aliphatic heterocycles. The van der Waals surface area contributed by atoms with Crippen LogP contribution in [0.15, 0.2) is 24.5 Å². The lowest BCUT2D eigenvalue weighted by Gasteiger charge is -2.31. The van der Waals surface area contributed by atoms with Gasteiger partial charge in [-0.25, -0.2) is 0 Å². The molecule has 1 aliphatic rings. The summed E-state index contributed by atoms with van der Waals surface area (Å²) >= 11 is 0. The van der Waals surface area contributed by atoms with Crippen LogP contribution in [0.1, 0.15) is 37.7 Å². The molecule has 1 aromatic heterocycles. The van der Waals surface area contributed by atoms with Crippen molar-refractivity contribution in [2.24, 2.45) is 5.73 Å². The van der Waals surface area contributed by atoms with Gasteiger partial charge in [0.1, 0.15) is 0 Å². The number of nitrogens with zero attached hydrogens (tertiary/aromatic N) is 2. The second-order valence-electron chi connectivity index (χ2n) is 5.13. The molecule has 1 aromatic rings. The number of aromatic nitrogens is 1. The highest BCUT2D eigenvalue weighted by Gasteiger charge is 2.22. The highest BCUT2D eigenvalue weighted by Crippen LogP contribution is 2.20. The molecule has 2 rings (SSSR count). The van der Waals surface area contributed by atoms with Crippen molar-refractivity contribution in [2.45, 2.75) is 38.1 Å². The summed E-state index contributed by atoms with van der Waals surface area (Å²) in [7, 11) is 0. The quantitative estimate of drug-likeness (QED) is 0.881. The summed E-state index contributed by atoms with van der Waals surface area (Å²) in [5, 5.41) is 0. The topological polar surface area (TPSA) is 59.2 Å². The number of carbonyl (C=O) groups is 1. The largest absolute Gasteiger partial charge is 0.341 e. The van der Waals surface area contributed by atoms with Crippen LogP contribution in [0.2, 0.25) is 0 Å². The third-order valence-electron chi connectivity index (χ3n) is 3.57. The molecule has 0 bridgehead atoms. The van der Waals surface area contributed by atoms with E-state index in [9.17, 15) is 4.79 Å². The molecular formula is C14H21N3O. The van der Waals surface area contributed by atoms with Crippen LogP contribution in [0.3, 0.4) is 0 Å². The third-order valence-corrected chi connectivity index (χ3v) is 3.57. The van der Waals surface area contributed by atoms with Gasteiger partial charge >= 0.3 is 0 Å². The molecule has 0 saturated carbocycles. The first-order chi connectivity index (χ1) is 8.66. The summed E-state index contributed by atoms with van der Waals surface area (Å²) in [6.07, 6.45) is 6.15. The van der Waals surface area contributed by atoms with Crippen LogP contribution in [-0.4, -0.2) is 34.9 Å². The normalized spacial score (nSPS) is 21.7. The van der Waals surface area contributed by atoms with E-state index < -0.39 is 0 Å². The predicted octanol–water partition coefficient (Wildman–Crippen LogP) is 1.52. The van der Waals surface area contributed by atoms with E-state index in [1.165, 1.54) is 5.56 Å². The number of hydrogen-bond donors (Lipinski definition) is 1. The van der Waals surface area contributed by atoms with E-state index in [4.69, 9.17) is 5.73 Å². The van der Waals surface area contributed by atoms with Crippen LogP contribution in [0.25, 0.3) is 0 Å². The molecule has 2 atom stereocenters. The first kappa shape index (κ1) is 13.0. The SMILES string of the molecule is C[C@@H](CC(=O)N1CCC[C@H](N)C1)c1ccncc1. The van der Waals surface area contributed by atoms with E-state index in [0.29, 0.717) is 13.0 Å². The molecule has 0 spiro atoms. The van der Waals surface area contributed by atoms with E-state index in [1.54, 1.807) is 12.4 Å². The molecular weight excluding hydrogens is 226 g/mol. The maximum absolute atomic E-state index is 12.2. The molecule has 4 nitrogen and oxygen atoms in total. The monoisotopic (exact) mass is 247 g/mol. The molecule has 0 unspecified atom stereocenters. The number of amides is 1. The van der Waals surface area contributed by atoms with Gasteiger partial charge in [0, 0.05) is 37.9 Å². The van der Waals surface area contributed by atoms with E-state index in [-0.39, 0.29) is 17.9 Å². The van der Waals surface area contributed by atoms with Gasteiger partial charge in [-0.05, 0) is 36.5 Å². The van der Waals surface area contributed by atoms with Crippen molar-refractivity contribution in [1.82, 2.24) is 9.88 Å². The third kappa shape index (κ3) is 3.29. The fraction of sp³-hybridized carbons (Fsp3) is 0.571. The molecule has 1 amide bonds. The number of piperidine rings is 1. The molecule has 2 N–H and O–H groups in total. The minimum atomic E-state index is 0.152. The molecule has 2 heterocycles. The Labute approximate surface area is 108 Å². The Morgan fingerprint density at radius 1 is 1.56 bits per heavy atom. The second-order valence-corrected chi connectivity index (χ2v) is 5.13. The Morgan fingerprint density at radius 3 is 2.94 bits per heavy atom. The lowest BCUT2D eigenvalue weighted by molar-refractivity contribution is -0.132. The summed E-state index contributed by atoms with van der Waals surface area (Å²) in [5.74, 6) is 0.452. The van der Waals surface area contributed by atoms with Crippen LogP contribution in [0, 0.1) is 0 Å². The fourth-order valence-corrected chi connectivity index (χ4v) is 2.44. The van der Waals surface area contributed by atoms with Crippen molar-refractivity contribution in [3.05, 3.63) is 30.1 Å². The number of carbonyl (C=O) groups excluding carboxylic acids is 1. The predicted molar refractivity (Wildman–Crippen MR) is 71.1 cm³/mol. The second kappa shape index (κ2) is 5.96. The van der Waals surface area contributed by atoms with Gasteiger partial charge in [-0.3, -0.25) is 9.78 Å². The summed E-state index contributed by atoms with van der Waals surface area (Å²) in [6, 6.07) is 4.10. The molecule has 98 valence electrons. The molecule has 1 fully saturated rings. The smallest absolute Gasteiger partial charge is 0.223 e. The van der Waals surface area contributed by atoms with Crippen LogP contribution < -0.4 is 5.73 Å². The number of rotatable bonds is 3. The first-order valence-electron chi connectivity index (χ1n) is 6.60. The summed E-state index contributed by atoms with van der Waals surface area (Å²) in [6.45, 7) is 3.65. The zero-order chi connectivity index (χ0) is 13.0. The summed E-state index contributed by atoms with van der Waals surface area (Å²) in [5.41, 5.74) is 7.07. The van der Waals surface area contributed by atoms with Gasteiger partial charge in [0.15, 0.2) is 0 Å². The highest BCUT2D eigenvalue weighted by molar-refractivity contribution is 5.77. The molecule has 0 aromatic carbocycles. The van der Waals surface area contributed by atoms with Gasteiger partial charge in [0.2, 0.25) is 5.91 Å². The molecule has 18 heavy (non-hydrogen) atoms. The van der Waals surface area contributed by atoms with Crippen LogP contribution in [-0.2, 0) is 4.79 Å². The van der Waals surface area contributed by atoms with Crippen LogP contribution >= 0.6 is 0 Å². The lowest BCUT2D eigenvalue weighted by atomic mass is 9.97. The average Bonchev–Trinajstić information content (AvgIpc) is 2.39. The van der Waals surface area contributed by atoms with Crippen molar-refractivity contribution >= 4 is 5.91 Å². The summed E-state index contributed by atoms with van der Waals surface area (Å²) in [4.78, 5) is 18.1. The van der Waals surface area contributed by atoms with Gasteiger partial charge < -0.3 is 10.6 Å². The van der Waals surface area contributed by atoms with Gasteiger partial charge in [0.25, 0.3) is 0 Å². The Kier molecular flexibility index (Phi) is 4.31. The van der Waals surface area contributed by atoms with Gasteiger partial charge in [0.05, 0.1) is 0 Å². The number of nitrogens with two attached hydrogens (primary N) is 1. The van der Waals surface area contributed by atoms with E-state index in [2.05, 4.69) is 11.9 Å². The molecule has 4 heteroatoms. The Morgan fingerprint density at radius 2 is 2.28 bits per heavy atom. The van der Waals surface area contributed by atoms with Crippen molar-refractivity contribution in [2.75, 3.05) is 13.1 Å². The van der Waals surface area contributed by atoms with Crippen molar-refractivity contribution in [1.29, 1.82) is 0 Å². The molecule has 0 aliphatic carbocycles. The molecule has 1 saturated heterocycles. The van der Waals surface area contributed by atoms with Crippen molar-refractivity contribution in [3.8, 4) is 0 Å². The number of likely N-dealkylation sites (tertiary alicyclic amines) is 1. The highest BCUT2D eigenvalue weighted by atomic mass is 16.2. The van der Waals surface area contributed by atoms with Crippen molar-refractivity contribution in [3.63, 3.8) is 0 Å². The Hall–Kier alpha value is -1.42. The van der Waals surface area contributed by atoms with Gasteiger partial charge in [-0.15, -0.1) is 0 Å². The van der Waals surface area contributed by atoms with E-state index in [0.717, 1.165) is 19.4 Å². The lowest BCUT2D eigenvalue weighted by Crippen LogP contribution is -2.45. The zero-order valence-electron chi connectivity index (χ0n) is 10.9. The van der Waals surface area contributed by atoms with Crippen LogP contribution in [0.5, 0.6) is 0 Å². The van der Waals surface area contributed by atoms with Gasteiger partial charge in [-0.1, -0.05) is 6.92 Å². The van der Waals surface area contributed by atoms with E-state index in [1.807, 2.05) is 17.0 Å². The Bertz CT molecular complexity index is 393. The molecule has 0 radical (unpaired) electrons. The minimum Gasteiger partial charge on any atom is -0.341 e. The van der Waals surface area contributed by atoms with Crippen molar-refractivity contribution < 1.29 is 4.79 Å². The maximum atomic E-state index is 12.2. The number of pyridine rings is 1. The maximum Gasteiger partial charge on any atom is 0.223 e. The zero-order valence-corrected chi connectivity index (χ0v) is 10.9. The fourth-order valence-electron chi connectivity index (χ4n) is 2.44. The average molecular weight is 247 g/mol. The Balaban J connectivity index is 1.91. The minimum absolute atomic E-state index is 0.152. The standard InChI is InChI=1S/C14H21N3O/c1-11(12-4-6-16-7-5-12)9-14(18)17-8-2-3-13(15)10-17/h4-7,11,13H,2-3,8-10,15H2,1H3/t11-,13-/m0/s1.